The molecule has 0 saturated heterocycles. The highest BCUT2D eigenvalue weighted by Crippen LogP contribution is 2.16. The van der Waals surface area contributed by atoms with Gasteiger partial charge in [0.25, 0.3) is 5.91 Å². The Hall–Kier alpha value is -1.31. The van der Waals surface area contributed by atoms with Crippen LogP contribution in [0.1, 0.15) is 23.7 Å². The highest BCUT2D eigenvalue weighted by Gasteiger charge is 2.15. The van der Waals surface area contributed by atoms with E-state index in [1.807, 2.05) is 13.0 Å². The predicted octanol–water partition coefficient (Wildman–Crippen LogP) is 2.76. The molecule has 0 atom stereocenters. The second-order valence-electron chi connectivity index (χ2n) is 3.29. The number of aromatic nitrogens is 1. The van der Waals surface area contributed by atoms with E-state index in [4.69, 9.17) is 28.5 Å². The molecular formula is C11H11Cl2N3O. The van der Waals surface area contributed by atoms with Crippen molar-refractivity contribution in [1.82, 2.24) is 9.88 Å². The van der Waals surface area contributed by atoms with Crippen LogP contribution < -0.4 is 0 Å². The van der Waals surface area contributed by atoms with E-state index in [-0.39, 0.29) is 16.2 Å². The van der Waals surface area contributed by atoms with Crippen LogP contribution in [0.5, 0.6) is 0 Å². The Kier molecular flexibility index (Phi) is 5.20. The van der Waals surface area contributed by atoms with Crippen molar-refractivity contribution in [3.63, 3.8) is 0 Å². The van der Waals surface area contributed by atoms with Gasteiger partial charge in [-0.3, -0.25) is 4.79 Å². The van der Waals surface area contributed by atoms with Gasteiger partial charge < -0.3 is 4.90 Å². The topological polar surface area (TPSA) is 57.0 Å². The van der Waals surface area contributed by atoms with Crippen LogP contribution in [0.15, 0.2) is 12.1 Å². The van der Waals surface area contributed by atoms with Crippen LogP contribution >= 0.6 is 23.2 Å². The van der Waals surface area contributed by atoms with Crippen molar-refractivity contribution in [2.24, 2.45) is 0 Å². The van der Waals surface area contributed by atoms with Crippen molar-refractivity contribution in [3.8, 4) is 6.07 Å². The molecular weight excluding hydrogens is 261 g/mol. The van der Waals surface area contributed by atoms with Crippen molar-refractivity contribution in [1.29, 1.82) is 5.26 Å². The van der Waals surface area contributed by atoms with Crippen molar-refractivity contribution < 1.29 is 4.79 Å². The van der Waals surface area contributed by atoms with E-state index >= 15 is 0 Å². The van der Waals surface area contributed by atoms with Gasteiger partial charge in [-0.05, 0) is 19.1 Å². The summed E-state index contributed by atoms with van der Waals surface area (Å²) in [5, 5.41) is 8.87. The standard InChI is InChI=1S/C11H11Cl2N3O/c1-2-16(5-3-4-14)11(17)8-6-9(12)15-10(13)7-8/h6-7H,2-3,5H2,1H3. The van der Waals surface area contributed by atoms with E-state index in [0.29, 0.717) is 25.1 Å². The van der Waals surface area contributed by atoms with Gasteiger partial charge in [0.15, 0.2) is 0 Å². The van der Waals surface area contributed by atoms with Crippen molar-refractivity contribution in [2.45, 2.75) is 13.3 Å². The normalized spacial score (nSPS) is 9.76. The SMILES string of the molecule is CCN(CCC#N)C(=O)c1cc(Cl)nc(Cl)c1. The smallest absolute Gasteiger partial charge is 0.254 e. The number of hydrogen-bond donors (Lipinski definition) is 0. The minimum atomic E-state index is -0.200. The Balaban J connectivity index is 2.90. The monoisotopic (exact) mass is 271 g/mol. The summed E-state index contributed by atoms with van der Waals surface area (Å²) in [5.74, 6) is -0.200. The van der Waals surface area contributed by atoms with Crippen molar-refractivity contribution in [3.05, 3.63) is 28.0 Å². The van der Waals surface area contributed by atoms with E-state index in [9.17, 15) is 4.79 Å². The first-order chi connectivity index (χ1) is 8.08. The first kappa shape index (κ1) is 13.8. The molecule has 1 amide bonds. The molecule has 0 aliphatic heterocycles. The zero-order valence-corrected chi connectivity index (χ0v) is 10.8. The second-order valence-corrected chi connectivity index (χ2v) is 4.07. The molecule has 4 nitrogen and oxygen atoms in total. The average molecular weight is 272 g/mol. The quantitative estimate of drug-likeness (QED) is 0.792. The molecule has 0 aliphatic rings. The van der Waals surface area contributed by atoms with E-state index in [0.717, 1.165) is 0 Å². The molecule has 6 heteroatoms. The number of carbonyl (C=O) groups is 1. The van der Waals surface area contributed by atoms with Crippen LogP contribution in [0.2, 0.25) is 10.3 Å². The Morgan fingerprint density at radius 2 is 2.06 bits per heavy atom. The van der Waals surface area contributed by atoms with Crippen molar-refractivity contribution >= 4 is 29.1 Å². The van der Waals surface area contributed by atoms with Crippen LogP contribution in [0.25, 0.3) is 0 Å². The number of carbonyl (C=O) groups excluding carboxylic acids is 1. The van der Waals surface area contributed by atoms with Gasteiger partial charge in [0.05, 0.1) is 12.5 Å². The summed E-state index contributed by atoms with van der Waals surface area (Å²) < 4.78 is 0. The molecule has 1 heterocycles. The van der Waals surface area contributed by atoms with Crippen LogP contribution in [-0.2, 0) is 0 Å². The lowest BCUT2D eigenvalue weighted by Gasteiger charge is -2.19. The maximum atomic E-state index is 12.1. The zero-order valence-electron chi connectivity index (χ0n) is 9.28. The van der Waals surface area contributed by atoms with Gasteiger partial charge in [0, 0.05) is 18.7 Å². The molecule has 1 aromatic heterocycles. The third-order valence-corrected chi connectivity index (χ3v) is 2.56. The minimum Gasteiger partial charge on any atom is -0.338 e. The van der Waals surface area contributed by atoms with E-state index in [1.165, 1.54) is 12.1 Å². The molecule has 0 fully saturated rings. The molecule has 0 spiro atoms. The minimum absolute atomic E-state index is 0.178. The first-order valence-electron chi connectivity index (χ1n) is 5.07. The number of nitrogens with zero attached hydrogens (tertiary/aromatic N) is 3. The Morgan fingerprint density at radius 3 is 2.53 bits per heavy atom. The molecule has 0 aromatic carbocycles. The lowest BCUT2D eigenvalue weighted by molar-refractivity contribution is 0.0767. The molecule has 90 valence electrons. The number of pyridine rings is 1. The van der Waals surface area contributed by atoms with Crippen LogP contribution in [-0.4, -0.2) is 28.9 Å². The Labute approximate surface area is 110 Å². The molecule has 0 N–H and O–H groups in total. The molecule has 0 saturated carbocycles. The summed E-state index contributed by atoms with van der Waals surface area (Å²) in [6.07, 6.45) is 0.298. The number of nitriles is 1. The fourth-order valence-electron chi connectivity index (χ4n) is 1.36. The first-order valence-corrected chi connectivity index (χ1v) is 5.83. The lowest BCUT2D eigenvalue weighted by Crippen LogP contribution is -2.31. The third-order valence-electron chi connectivity index (χ3n) is 2.17. The highest BCUT2D eigenvalue weighted by atomic mass is 35.5. The summed E-state index contributed by atoms with van der Waals surface area (Å²) in [6.45, 7) is 2.77. The molecule has 17 heavy (non-hydrogen) atoms. The van der Waals surface area contributed by atoms with Gasteiger partial charge in [-0.25, -0.2) is 4.98 Å². The maximum Gasteiger partial charge on any atom is 0.254 e. The maximum absolute atomic E-state index is 12.1. The zero-order chi connectivity index (χ0) is 12.8. The second kappa shape index (κ2) is 6.43. The largest absolute Gasteiger partial charge is 0.338 e. The van der Waals surface area contributed by atoms with Gasteiger partial charge in [-0.15, -0.1) is 0 Å². The Bertz CT molecular complexity index is 436. The predicted molar refractivity (Wildman–Crippen MR) is 66.1 cm³/mol. The van der Waals surface area contributed by atoms with Crippen LogP contribution in [0.4, 0.5) is 0 Å². The third kappa shape index (κ3) is 3.88. The number of amides is 1. The van der Waals surface area contributed by atoms with Gasteiger partial charge in [0.1, 0.15) is 10.3 Å². The molecule has 1 aromatic rings. The van der Waals surface area contributed by atoms with Crippen LogP contribution in [0.3, 0.4) is 0 Å². The molecule has 0 bridgehead atoms. The number of hydrogen-bond acceptors (Lipinski definition) is 3. The van der Waals surface area contributed by atoms with Crippen molar-refractivity contribution in [2.75, 3.05) is 13.1 Å². The summed E-state index contributed by atoms with van der Waals surface area (Å²) in [7, 11) is 0. The summed E-state index contributed by atoms with van der Waals surface area (Å²) in [4.78, 5) is 17.4. The molecule has 1 rings (SSSR count). The Morgan fingerprint density at radius 1 is 1.47 bits per heavy atom. The summed E-state index contributed by atoms with van der Waals surface area (Å²) >= 11 is 11.5. The van der Waals surface area contributed by atoms with Crippen LogP contribution in [0, 0.1) is 11.3 Å². The van der Waals surface area contributed by atoms with E-state index in [1.54, 1.807) is 4.90 Å². The average Bonchev–Trinajstić information content (AvgIpc) is 2.28. The van der Waals surface area contributed by atoms with Gasteiger partial charge in [0.2, 0.25) is 0 Å². The van der Waals surface area contributed by atoms with E-state index < -0.39 is 0 Å². The summed E-state index contributed by atoms with van der Waals surface area (Å²) in [5.41, 5.74) is 0.384. The highest BCUT2D eigenvalue weighted by molar-refractivity contribution is 6.33. The molecule has 0 radical (unpaired) electrons. The van der Waals surface area contributed by atoms with Gasteiger partial charge >= 0.3 is 0 Å². The fraction of sp³-hybridized carbons (Fsp3) is 0.364. The number of rotatable bonds is 4. The van der Waals surface area contributed by atoms with E-state index in [2.05, 4.69) is 4.98 Å². The van der Waals surface area contributed by atoms with Gasteiger partial charge in [-0.1, -0.05) is 23.2 Å². The molecule has 0 unspecified atom stereocenters. The lowest BCUT2D eigenvalue weighted by atomic mass is 10.2. The number of halogens is 2. The molecule has 0 aliphatic carbocycles. The summed E-state index contributed by atoms with van der Waals surface area (Å²) in [6, 6.07) is 4.93. The fourth-order valence-corrected chi connectivity index (χ4v) is 1.82. The van der Waals surface area contributed by atoms with Gasteiger partial charge in [-0.2, -0.15) is 5.26 Å².